The molecule has 0 saturated carbocycles. The van der Waals surface area contributed by atoms with Crippen molar-refractivity contribution in [3.05, 3.63) is 58.1 Å². The predicted octanol–water partition coefficient (Wildman–Crippen LogP) is 4.26. The quantitative estimate of drug-likeness (QED) is 0.774. The largest absolute Gasteiger partial charge is 0.497 e. The van der Waals surface area contributed by atoms with Crippen LogP contribution >= 0.6 is 23.2 Å². The van der Waals surface area contributed by atoms with Crippen molar-refractivity contribution in [1.29, 1.82) is 0 Å². The molecule has 20 heavy (non-hydrogen) atoms. The third-order valence-electron chi connectivity index (χ3n) is 2.66. The molecule has 0 aliphatic carbocycles. The van der Waals surface area contributed by atoms with Gasteiger partial charge in [0, 0.05) is 5.56 Å². The van der Waals surface area contributed by atoms with Crippen LogP contribution in [0.4, 0.5) is 0 Å². The van der Waals surface area contributed by atoms with Crippen LogP contribution in [0.15, 0.2) is 42.5 Å². The molecule has 0 fully saturated rings. The van der Waals surface area contributed by atoms with E-state index >= 15 is 0 Å². The maximum absolute atomic E-state index is 12.0. The minimum atomic E-state index is -0.181. The Hall–Kier alpha value is -1.71. The maximum Gasteiger partial charge on any atom is 0.200 e. The fraction of sp³-hybridized carbons (Fsp3) is 0.133. The first-order valence-corrected chi connectivity index (χ1v) is 6.61. The van der Waals surface area contributed by atoms with Gasteiger partial charge in [-0.3, -0.25) is 4.79 Å². The van der Waals surface area contributed by atoms with E-state index in [-0.39, 0.29) is 12.4 Å². The second-order valence-corrected chi connectivity index (χ2v) is 4.81. The van der Waals surface area contributed by atoms with Crippen molar-refractivity contribution in [2.45, 2.75) is 0 Å². The summed E-state index contributed by atoms with van der Waals surface area (Å²) in [6.45, 7) is -0.142. The average Bonchev–Trinajstić information content (AvgIpc) is 2.46. The predicted molar refractivity (Wildman–Crippen MR) is 79.3 cm³/mol. The fourth-order valence-corrected chi connectivity index (χ4v) is 2.14. The molecule has 0 heterocycles. The van der Waals surface area contributed by atoms with E-state index in [1.807, 2.05) is 0 Å². The Morgan fingerprint density at radius 1 is 1.10 bits per heavy atom. The molecule has 2 aromatic carbocycles. The summed E-state index contributed by atoms with van der Waals surface area (Å²) in [7, 11) is 1.55. The summed E-state index contributed by atoms with van der Waals surface area (Å²) in [5.41, 5.74) is 0.507. The molecule has 104 valence electrons. The van der Waals surface area contributed by atoms with Gasteiger partial charge in [0.2, 0.25) is 0 Å². The SMILES string of the molecule is COc1cccc(C(=O)COc2c(Cl)cccc2Cl)c1. The molecule has 0 spiro atoms. The van der Waals surface area contributed by atoms with E-state index in [0.29, 0.717) is 27.1 Å². The molecule has 2 rings (SSSR count). The van der Waals surface area contributed by atoms with E-state index in [2.05, 4.69) is 0 Å². The molecule has 0 radical (unpaired) electrons. The highest BCUT2D eigenvalue weighted by molar-refractivity contribution is 6.37. The molecule has 0 unspecified atom stereocenters. The second-order valence-electron chi connectivity index (χ2n) is 3.99. The molecule has 2 aromatic rings. The van der Waals surface area contributed by atoms with Gasteiger partial charge in [-0.25, -0.2) is 0 Å². The smallest absolute Gasteiger partial charge is 0.200 e. The van der Waals surface area contributed by atoms with Crippen LogP contribution in [0.5, 0.6) is 11.5 Å². The molecular formula is C15H12Cl2O3. The van der Waals surface area contributed by atoms with Crippen LogP contribution in [0, 0.1) is 0 Å². The Morgan fingerprint density at radius 2 is 1.75 bits per heavy atom. The van der Waals surface area contributed by atoms with Crippen LogP contribution in [0.1, 0.15) is 10.4 Å². The standard InChI is InChI=1S/C15H12Cl2O3/c1-19-11-5-2-4-10(8-11)14(18)9-20-15-12(16)6-3-7-13(15)17/h2-8H,9H2,1H3. The number of benzene rings is 2. The summed E-state index contributed by atoms with van der Waals surface area (Å²) in [4.78, 5) is 12.0. The molecule has 0 N–H and O–H groups in total. The van der Waals surface area contributed by atoms with Crippen molar-refractivity contribution in [3.8, 4) is 11.5 Å². The first-order chi connectivity index (χ1) is 9.61. The van der Waals surface area contributed by atoms with Crippen molar-refractivity contribution in [2.24, 2.45) is 0 Å². The van der Waals surface area contributed by atoms with Gasteiger partial charge in [0.15, 0.2) is 18.1 Å². The number of carbonyl (C=O) groups is 1. The number of ketones is 1. The van der Waals surface area contributed by atoms with Gasteiger partial charge in [0.1, 0.15) is 5.75 Å². The van der Waals surface area contributed by atoms with E-state index in [1.54, 1.807) is 49.6 Å². The lowest BCUT2D eigenvalue weighted by Crippen LogP contribution is -2.12. The van der Waals surface area contributed by atoms with Crippen molar-refractivity contribution in [1.82, 2.24) is 0 Å². The number of halogens is 2. The second kappa shape index (κ2) is 6.64. The van der Waals surface area contributed by atoms with E-state index in [0.717, 1.165) is 0 Å². The number of hydrogen-bond acceptors (Lipinski definition) is 3. The van der Waals surface area contributed by atoms with Gasteiger partial charge in [-0.15, -0.1) is 0 Å². The lowest BCUT2D eigenvalue weighted by atomic mass is 10.1. The van der Waals surface area contributed by atoms with Crippen LogP contribution in [-0.2, 0) is 0 Å². The van der Waals surface area contributed by atoms with Gasteiger partial charge in [-0.2, -0.15) is 0 Å². The first-order valence-electron chi connectivity index (χ1n) is 5.86. The van der Waals surface area contributed by atoms with Crippen molar-refractivity contribution < 1.29 is 14.3 Å². The Kier molecular flexibility index (Phi) is 4.88. The number of para-hydroxylation sites is 1. The summed E-state index contributed by atoms with van der Waals surface area (Å²) in [6, 6.07) is 11.9. The molecule has 0 amide bonds. The third kappa shape index (κ3) is 3.44. The number of hydrogen-bond donors (Lipinski definition) is 0. The monoisotopic (exact) mass is 310 g/mol. The normalized spacial score (nSPS) is 10.2. The van der Waals surface area contributed by atoms with E-state index in [1.165, 1.54) is 0 Å². The van der Waals surface area contributed by atoms with Crippen LogP contribution in [-0.4, -0.2) is 19.5 Å². The highest BCUT2D eigenvalue weighted by Crippen LogP contribution is 2.32. The summed E-state index contributed by atoms with van der Waals surface area (Å²) in [5, 5.41) is 0.742. The average molecular weight is 311 g/mol. The zero-order chi connectivity index (χ0) is 14.5. The Balaban J connectivity index is 2.09. The Labute approximate surface area is 127 Å². The topological polar surface area (TPSA) is 35.5 Å². The zero-order valence-electron chi connectivity index (χ0n) is 10.7. The molecule has 3 nitrogen and oxygen atoms in total. The van der Waals surface area contributed by atoms with Crippen molar-refractivity contribution in [3.63, 3.8) is 0 Å². The van der Waals surface area contributed by atoms with E-state index in [9.17, 15) is 4.79 Å². The molecule has 0 aromatic heterocycles. The number of ether oxygens (including phenoxy) is 2. The lowest BCUT2D eigenvalue weighted by Gasteiger charge is -2.09. The molecule has 0 aliphatic rings. The zero-order valence-corrected chi connectivity index (χ0v) is 12.2. The number of Topliss-reactive ketones (excluding diaryl/α,β-unsaturated/α-hetero) is 1. The van der Waals surface area contributed by atoms with Crippen LogP contribution in [0.3, 0.4) is 0 Å². The third-order valence-corrected chi connectivity index (χ3v) is 3.25. The van der Waals surface area contributed by atoms with Gasteiger partial charge in [-0.05, 0) is 24.3 Å². The Morgan fingerprint density at radius 3 is 2.40 bits per heavy atom. The van der Waals surface area contributed by atoms with Crippen LogP contribution in [0.25, 0.3) is 0 Å². The van der Waals surface area contributed by atoms with Gasteiger partial charge in [0.05, 0.1) is 17.2 Å². The van der Waals surface area contributed by atoms with Gasteiger partial charge >= 0.3 is 0 Å². The first kappa shape index (κ1) is 14.7. The van der Waals surface area contributed by atoms with Gasteiger partial charge in [-0.1, -0.05) is 41.4 Å². The number of carbonyl (C=O) groups excluding carboxylic acids is 1. The summed E-state index contributed by atoms with van der Waals surface area (Å²) in [6.07, 6.45) is 0. The maximum atomic E-state index is 12.0. The molecule has 0 saturated heterocycles. The molecule has 0 atom stereocenters. The number of rotatable bonds is 5. The minimum absolute atomic E-state index is 0.142. The van der Waals surface area contributed by atoms with Crippen molar-refractivity contribution in [2.75, 3.05) is 13.7 Å². The van der Waals surface area contributed by atoms with E-state index in [4.69, 9.17) is 32.7 Å². The van der Waals surface area contributed by atoms with Gasteiger partial charge < -0.3 is 9.47 Å². The molecule has 0 aliphatic heterocycles. The highest BCUT2D eigenvalue weighted by Gasteiger charge is 2.11. The summed E-state index contributed by atoms with van der Waals surface area (Å²) in [5.74, 6) is 0.749. The van der Waals surface area contributed by atoms with Gasteiger partial charge in [0.25, 0.3) is 0 Å². The summed E-state index contributed by atoms with van der Waals surface area (Å²) < 4.78 is 10.5. The summed E-state index contributed by atoms with van der Waals surface area (Å²) >= 11 is 11.9. The Bertz CT molecular complexity index is 606. The molecule has 5 heteroatoms. The van der Waals surface area contributed by atoms with Crippen LogP contribution in [0.2, 0.25) is 10.0 Å². The fourth-order valence-electron chi connectivity index (χ4n) is 1.64. The molecular weight excluding hydrogens is 299 g/mol. The van der Waals surface area contributed by atoms with Crippen LogP contribution < -0.4 is 9.47 Å². The lowest BCUT2D eigenvalue weighted by molar-refractivity contribution is 0.0921. The molecule has 0 bridgehead atoms. The highest BCUT2D eigenvalue weighted by atomic mass is 35.5. The minimum Gasteiger partial charge on any atom is -0.497 e. The number of methoxy groups -OCH3 is 1. The van der Waals surface area contributed by atoms with Crippen molar-refractivity contribution >= 4 is 29.0 Å². The van der Waals surface area contributed by atoms with E-state index < -0.39 is 0 Å².